The number of aliphatic hydroxyl groups excluding tert-OH is 1. The van der Waals surface area contributed by atoms with Crippen molar-refractivity contribution in [3.63, 3.8) is 0 Å². The Morgan fingerprint density at radius 1 is 1.18 bits per heavy atom. The minimum Gasteiger partial charge on any atom is -0.389 e. The van der Waals surface area contributed by atoms with Gasteiger partial charge in [0.2, 0.25) is 5.91 Å². The fraction of sp³-hybridized carbons (Fsp3) is 0.905. The molecule has 0 aromatic carbocycles. The van der Waals surface area contributed by atoms with Crippen LogP contribution < -0.4 is 10.6 Å². The lowest BCUT2D eigenvalue weighted by Gasteiger charge is -2.35. The normalized spacial score (nSPS) is 19.8. The Labute approximate surface area is 170 Å². The van der Waals surface area contributed by atoms with Crippen LogP contribution in [0.2, 0.25) is 0 Å². The Kier molecular flexibility index (Phi) is 10.1. The summed E-state index contributed by atoms with van der Waals surface area (Å²) in [5, 5.41) is 16.8. The van der Waals surface area contributed by atoms with E-state index in [4.69, 9.17) is 4.74 Å². The lowest BCUT2D eigenvalue weighted by molar-refractivity contribution is -0.136. The Balaban J connectivity index is 1.73. The molecule has 0 bridgehead atoms. The average Bonchev–Trinajstić information content (AvgIpc) is 3.52. The Morgan fingerprint density at radius 2 is 1.86 bits per heavy atom. The zero-order valence-corrected chi connectivity index (χ0v) is 18.0. The minimum absolute atomic E-state index is 0.159. The maximum atomic E-state index is 12.5. The molecule has 1 aliphatic carbocycles. The highest BCUT2D eigenvalue weighted by Gasteiger charge is 2.27. The van der Waals surface area contributed by atoms with E-state index in [2.05, 4.69) is 29.5 Å². The number of nitrogens with one attached hydrogen (secondary N) is 2. The van der Waals surface area contributed by atoms with Crippen molar-refractivity contribution in [2.45, 2.75) is 71.4 Å². The van der Waals surface area contributed by atoms with Crippen LogP contribution in [0.1, 0.15) is 59.3 Å². The summed E-state index contributed by atoms with van der Waals surface area (Å²) in [5.41, 5.74) is 0. The van der Waals surface area contributed by atoms with Gasteiger partial charge in [0.15, 0.2) is 5.96 Å². The number of hydrogen-bond acceptors (Lipinski definition) is 4. The highest BCUT2D eigenvalue weighted by atomic mass is 16.5. The fourth-order valence-electron chi connectivity index (χ4n) is 3.56. The molecule has 1 unspecified atom stereocenters. The van der Waals surface area contributed by atoms with E-state index in [9.17, 15) is 9.90 Å². The molecule has 2 fully saturated rings. The monoisotopic (exact) mass is 396 g/mol. The van der Waals surface area contributed by atoms with Gasteiger partial charge in [0.1, 0.15) is 0 Å². The molecular formula is C21H40N4O3. The van der Waals surface area contributed by atoms with E-state index >= 15 is 0 Å². The van der Waals surface area contributed by atoms with Crippen LogP contribution in [0.15, 0.2) is 4.99 Å². The van der Waals surface area contributed by atoms with Crippen molar-refractivity contribution in [1.29, 1.82) is 0 Å². The third-order valence-electron chi connectivity index (χ3n) is 5.65. The SMILES string of the molecule is CCNC(=NCC(O)COCC1CC1)NC1CCN(C(=O)C(CC)CC)CC1. The van der Waals surface area contributed by atoms with Gasteiger partial charge in [-0.1, -0.05) is 13.8 Å². The molecule has 1 aliphatic heterocycles. The molecule has 7 heteroatoms. The van der Waals surface area contributed by atoms with Gasteiger partial charge in [0, 0.05) is 38.2 Å². The lowest BCUT2D eigenvalue weighted by atomic mass is 9.98. The zero-order chi connectivity index (χ0) is 20.4. The molecule has 0 aromatic heterocycles. The molecule has 7 nitrogen and oxygen atoms in total. The van der Waals surface area contributed by atoms with Gasteiger partial charge in [0.25, 0.3) is 0 Å². The van der Waals surface area contributed by atoms with Crippen molar-refractivity contribution in [2.75, 3.05) is 39.4 Å². The number of nitrogens with zero attached hydrogens (tertiary/aromatic N) is 2. The number of hydrogen-bond donors (Lipinski definition) is 3. The van der Waals surface area contributed by atoms with Crippen molar-refractivity contribution >= 4 is 11.9 Å². The number of carbonyl (C=O) groups excluding carboxylic acids is 1. The molecule has 2 aliphatic rings. The van der Waals surface area contributed by atoms with Gasteiger partial charge in [-0.05, 0) is 51.4 Å². The molecule has 0 aromatic rings. The molecule has 2 rings (SSSR count). The summed E-state index contributed by atoms with van der Waals surface area (Å²) >= 11 is 0. The van der Waals surface area contributed by atoms with E-state index in [0.29, 0.717) is 31.0 Å². The van der Waals surface area contributed by atoms with Crippen LogP contribution >= 0.6 is 0 Å². The smallest absolute Gasteiger partial charge is 0.225 e. The molecule has 1 amide bonds. The molecule has 1 saturated carbocycles. The Hall–Kier alpha value is -1.34. The summed E-state index contributed by atoms with van der Waals surface area (Å²) in [6.45, 7) is 9.99. The number of amides is 1. The van der Waals surface area contributed by atoms with Gasteiger partial charge in [-0.25, -0.2) is 0 Å². The van der Waals surface area contributed by atoms with Gasteiger partial charge in [-0.2, -0.15) is 0 Å². The van der Waals surface area contributed by atoms with Crippen molar-refractivity contribution in [1.82, 2.24) is 15.5 Å². The summed E-state index contributed by atoms with van der Waals surface area (Å²) in [7, 11) is 0. The third-order valence-corrected chi connectivity index (χ3v) is 5.65. The third kappa shape index (κ3) is 7.95. The number of aliphatic hydroxyl groups is 1. The first-order valence-corrected chi connectivity index (χ1v) is 11.2. The second-order valence-corrected chi connectivity index (χ2v) is 8.11. The standard InChI is InChI=1S/C21H40N4O3/c1-4-17(5-2)20(27)25-11-9-18(10-12-25)24-21(22-6-3)23-13-19(26)15-28-14-16-7-8-16/h16-19,26H,4-15H2,1-3H3,(H2,22,23,24). The first-order chi connectivity index (χ1) is 13.6. The number of carbonyl (C=O) groups is 1. The number of likely N-dealkylation sites (tertiary alicyclic amines) is 1. The van der Waals surface area contributed by atoms with Crippen LogP contribution in [-0.2, 0) is 9.53 Å². The predicted octanol–water partition coefficient (Wildman–Crippen LogP) is 1.76. The molecule has 0 radical (unpaired) electrons. The van der Waals surface area contributed by atoms with Crippen molar-refractivity contribution < 1.29 is 14.6 Å². The van der Waals surface area contributed by atoms with E-state index in [1.807, 2.05) is 11.8 Å². The van der Waals surface area contributed by atoms with E-state index < -0.39 is 6.10 Å². The number of rotatable bonds is 11. The van der Waals surface area contributed by atoms with Crippen LogP contribution in [0, 0.1) is 11.8 Å². The molecule has 162 valence electrons. The molecular weight excluding hydrogens is 356 g/mol. The summed E-state index contributed by atoms with van der Waals surface area (Å²) < 4.78 is 5.54. The van der Waals surface area contributed by atoms with Crippen LogP contribution in [0.25, 0.3) is 0 Å². The topological polar surface area (TPSA) is 86.2 Å². The van der Waals surface area contributed by atoms with Crippen LogP contribution in [0.5, 0.6) is 0 Å². The molecule has 1 heterocycles. The predicted molar refractivity (Wildman–Crippen MR) is 112 cm³/mol. The van der Waals surface area contributed by atoms with E-state index in [-0.39, 0.29) is 5.92 Å². The van der Waals surface area contributed by atoms with Crippen molar-refractivity contribution in [2.24, 2.45) is 16.8 Å². The summed E-state index contributed by atoms with van der Waals surface area (Å²) in [5.74, 6) is 1.90. The highest BCUT2D eigenvalue weighted by Crippen LogP contribution is 2.28. The van der Waals surface area contributed by atoms with Crippen LogP contribution in [-0.4, -0.2) is 73.4 Å². The van der Waals surface area contributed by atoms with Crippen molar-refractivity contribution in [3.05, 3.63) is 0 Å². The first-order valence-electron chi connectivity index (χ1n) is 11.2. The van der Waals surface area contributed by atoms with Crippen LogP contribution in [0.3, 0.4) is 0 Å². The average molecular weight is 397 g/mol. The fourth-order valence-corrected chi connectivity index (χ4v) is 3.56. The zero-order valence-electron chi connectivity index (χ0n) is 18.0. The van der Waals surface area contributed by atoms with Crippen LogP contribution in [0.4, 0.5) is 0 Å². The maximum absolute atomic E-state index is 12.5. The Bertz CT molecular complexity index is 484. The minimum atomic E-state index is -0.575. The number of guanidine groups is 1. The van der Waals surface area contributed by atoms with Crippen molar-refractivity contribution in [3.8, 4) is 0 Å². The van der Waals surface area contributed by atoms with E-state index in [1.165, 1.54) is 12.8 Å². The molecule has 1 saturated heterocycles. The largest absolute Gasteiger partial charge is 0.389 e. The molecule has 0 spiro atoms. The van der Waals surface area contributed by atoms with E-state index in [1.54, 1.807) is 0 Å². The van der Waals surface area contributed by atoms with Gasteiger partial charge >= 0.3 is 0 Å². The summed E-state index contributed by atoms with van der Waals surface area (Å²) in [4.78, 5) is 19.1. The highest BCUT2D eigenvalue weighted by molar-refractivity contribution is 5.80. The Morgan fingerprint density at radius 3 is 2.43 bits per heavy atom. The van der Waals surface area contributed by atoms with Gasteiger partial charge in [-0.15, -0.1) is 0 Å². The second-order valence-electron chi connectivity index (χ2n) is 8.11. The van der Waals surface area contributed by atoms with Gasteiger partial charge in [0.05, 0.1) is 19.3 Å². The summed E-state index contributed by atoms with van der Waals surface area (Å²) in [6, 6.07) is 0.298. The second kappa shape index (κ2) is 12.3. The summed E-state index contributed by atoms with van der Waals surface area (Å²) in [6.07, 6.45) is 5.60. The quantitative estimate of drug-likeness (QED) is 0.366. The molecule has 1 atom stereocenters. The van der Waals surface area contributed by atoms with E-state index in [0.717, 1.165) is 57.9 Å². The maximum Gasteiger partial charge on any atom is 0.225 e. The molecule has 3 N–H and O–H groups in total. The number of ether oxygens (including phenoxy) is 1. The number of aliphatic imine (C=N–C) groups is 1. The lowest BCUT2D eigenvalue weighted by Crippen LogP contribution is -2.50. The number of piperidine rings is 1. The molecule has 28 heavy (non-hydrogen) atoms. The first kappa shape index (κ1) is 22.9. The van der Waals surface area contributed by atoms with Gasteiger partial charge < -0.3 is 25.4 Å². The van der Waals surface area contributed by atoms with Gasteiger partial charge in [-0.3, -0.25) is 9.79 Å².